The van der Waals surface area contributed by atoms with E-state index in [0.29, 0.717) is 6.29 Å². The molecule has 0 bridgehead atoms. The molecule has 0 radical (unpaired) electrons. The Morgan fingerprint density at radius 1 is 1.41 bits per heavy atom. The van der Waals surface area contributed by atoms with Crippen molar-refractivity contribution in [3.8, 4) is 0 Å². The molecule has 1 unspecified atom stereocenters. The SMILES string of the molecule is CCC(C)[C@@H](C=O)OCc1cccc(F)c1F. The maximum Gasteiger partial charge on any atom is 0.164 e. The Balaban J connectivity index is 2.66. The minimum Gasteiger partial charge on any atom is -0.366 e. The van der Waals surface area contributed by atoms with Crippen molar-refractivity contribution in [1.82, 2.24) is 0 Å². The quantitative estimate of drug-likeness (QED) is 0.716. The van der Waals surface area contributed by atoms with Crippen LogP contribution in [0.25, 0.3) is 0 Å². The van der Waals surface area contributed by atoms with E-state index in [4.69, 9.17) is 4.74 Å². The molecule has 0 fully saturated rings. The van der Waals surface area contributed by atoms with Crippen molar-refractivity contribution in [3.05, 3.63) is 35.4 Å². The van der Waals surface area contributed by atoms with Gasteiger partial charge in [-0.15, -0.1) is 0 Å². The number of carbonyl (C=O) groups is 1. The number of aldehydes is 1. The van der Waals surface area contributed by atoms with Crippen LogP contribution in [0, 0.1) is 17.6 Å². The molecule has 0 spiro atoms. The molecule has 1 aromatic carbocycles. The van der Waals surface area contributed by atoms with E-state index in [1.165, 1.54) is 12.1 Å². The number of hydrogen-bond acceptors (Lipinski definition) is 2. The van der Waals surface area contributed by atoms with Gasteiger partial charge in [-0.05, 0) is 12.0 Å². The van der Waals surface area contributed by atoms with E-state index in [9.17, 15) is 13.6 Å². The second-order valence-electron chi connectivity index (χ2n) is 4.01. The summed E-state index contributed by atoms with van der Waals surface area (Å²) >= 11 is 0. The number of carbonyl (C=O) groups excluding carboxylic acids is 1. The summed E-state index contributed by atoms with van der Waals surface area (Å²) in [7, 11) is 0. The van der Waals surface area contributed by atoms with Gasteiger partial charge in [-0.3, -0.25) is 0 Å². The van der Waals surface area contributed by atoms with Gasteiger partial charge in [0.2, 0.25) is 0 Å². The van der Waals surface area contributed by atoms with E-state index in [1.807, 2.05) is 13.8 Å². The minimum absolute atomic E-state index is 0.0594. The van der Waals surface area contributed by atoms with Crippen molar-refractivity contribution >= 4 is 6.29 Å². The number of benzene rings is 1. The highest BCUT2D eigenvalue weighted by molar-refractivity contribution is 5.56. The van der Waals surface area contributed by atoms with Crippen molar-refractivity contribution in [3.63, 3.8) is 0 Å². The van der Waals surface area contributed by atoms with Crippen LogP contribution in [0.15, 0.2) is 18.2 Å². The maximum absolute atomic E-state index is 13.3. The smallest absolute Gasteiger partial charge is 0.164 e. The molecule has 0 aromatic heterocycles. The molecule has 0 saturated heterocycles. The molecule has 0 amide bonds. The average Bonchev–Trinajstić information content (AvgIpc) is 2.34. The normalized spacial score (nSPS) is 14.4. The van der Waals surface area contributed by atoms with Gasteiger partial charge < -0.3 is 9.53 Å². The Labute approximate surface area is 99.6 Å². The van der Waals surface area contributed by atoms with E-state index in [1.54, 1.807) is 0 Å². The van der Waals surface area contributed by atoms with E-state index >= 15 is 0 Å². The van der Waals surface area contributed by atoms with Crippen LogP contribution in [-0.2, 0) is 16.1 Å². The second kappa shape index (κ2) is 6.45. The Morgan fingerprint density at radius 3 is 2.71 bits per heavy atom. The van der Waals surface area contributed by atoms with Crippen LogP contribution in [0.4, 0.5) is 8.78 Å². The highest BCUT2D eigenvalue weighted by Crippen LogP contribution is 2.16. The highest BCUT2D eigenvalue weighted by Gasteiger charge is 2.16. The van der Waals surface area contributed by atoms with Gasteiger partial charge in [-0.1, -0.05) is 32.4 Å². The monoisotopic (exact) mass is 242 g/mol. The van der Waals surface area contributed by atoms with Gasteiger partial charge in [0.25, 0.3) is 0 Å². The predicted octanol–water partition coefficient (Wildman–Crippen LogP) is 3.10. The first-order valence-electron chi connectivity index (χ1n) is 5.59. The number of ether oxygens (including phenoxy) is 1. The summed E-state index contributed by atoms with van der Waals surface area (Å²) in [5.74, 6) is -1.76. The first-order chi connectivity index (χ1) is 8.10. The third kappa shape index (κ3) is 3.60. The highest BCUT2D eigenvalue weighted by atomic mass is 19.2. The molecule has 0 aliphatic carbocycles. The lowest BCUT2D eigenvalue weighted by molar-refractivity contribution is -0.122. The zero-order valence-electron chi connectivity index (χ0n) is 9.95. The Kier molecular flexibility index (Phi) is 5.22. The Bertz CT molecular complexity index is 380. The van der Waals surface area contributed by atoms with Crippen LogP contribution in [0.1, 0.15) is 25.8 Å². The summed E-state index contributed by atoms with van der Waals surface area (Å²) in [5, 5.41) is 0. The van der Waals surface area contributed by atoms with Crippen molar-refractivity contribution in [2.75, 3.05) is 0 Å². The summed E-state index contributed by atoms with van der Waals surface area (Å²) in [6.07, 6.45) is 0.906. The fourth-order valence-corrected chi connectivity index (χ4v) is 1.42. The van der Waals surface area contributed by atoms with Crippen LogP contribution in [0.2, 0.25) is 0 Å². The van der Waals surface area contributed by atoms with Crippen LogP contribution in [0.5, 0.6) is 0 Å². The van der Waals surface area contributed by atoms with Crippen LogP contribution in [-0.4, -0.2) is 12.4 Å². The number of halogens is 2. The van der Waals surface area contributed by atoms with Crippen molar-refractivity contribution in [1.29, 1.82) is 0 Å². The van der Waals surface area contributed by atoms with Crippen LogP contribution < -0.4 is 0 Å². The fraction of sp³-hybridized carbons (Fsp3) is 0.462. The molecule has 1 aromatic rings. The molecule has 4 heteroatoms. The molecule has 0 aliphatic heterocycles. The molecule has 0 N–H and O–H groups in total. The number of hydrogen-bond donors (Lipinski definition) is 0. The zero-order chi connectivity index (χ0) is 12.8. The Morgan fingerprint density at radius 2 is 2.12 bits per heavy atom. The van der Waals surface area contributed by atoms with Crippen molar-refractivity contribution in [2.45, 2.75) is 33.0 Å². The molecule has 0 aliphatic rings. The van der Waals surface area contributed by atoms with Crippen molar-refractivity contribution < 1.29 is 18.3 Å². The largest absolute Gasteiger partial charge is 0.366 e. The van der Waals surface area contributed by atoms with E-state index in [-0.39, 0.29) is 18.1 Å². The summed E-state index contributed by atoms with van der Waals surface area (Å²) in [6.45, 7) is 3.71. The average molecular weight is 242 g/mol. The molecule has 0 saturated carbocycles. The standard InChI is InChI=1S/C13H16F2O2/c1-3-9(2)12(7-16)17-8-10-5-4-6-11(14)13(10)15/h4-7,9,12H,3,8H2,1-2H3/t9?,12-/m1/s1. The third-order valence-corrected chi connectivity index (χ3v) is 2.80. The topological polar surface area (TPSA) is 26.3 Å². The first-order valence-corrected chi connectivity index (χ1v) is 5.59. The van der Waals surface area contributed by atoms with Gasteiger partial charge >= 0.3 is 0 Å². The fourth-order valence-electron chi connectivity index (χ4n) is 1.42. The maximum atomic E-state index is 13.3. The van der Waals surface area contributed by atoms with Gasteiger partial charge in [0.15, 0.2) is 11.6 Å². The molecule has 1 rings (SSSR count). The van der Waals surface area contributed by atoms with E-state index in [0.717, 1.165) is 12.5 Å². The van der Waals surface area contributed by atoms with Gasteiger partial charge in [-0.25, -0.2) is 8.78 Å². The first kappa shape index (κ1) is 13.8. The van der Waals surface area contributed by atoms with Gasteiger partial charge in [-0.2, -0.15) is 0 Å². The second-order valence-corrected chi connectivity index (χ2v) is 4.01. The minimum atomic E-state index is -0.915. The van der Waals surface area contributed by atoms with Gasteiger partial charge in [0, 0.05) is 5.56 Å². The van der Waals surface area contributed by atoms with Crippen LogP contribution >= 0.6 is 0 Å². The molecular formula is C13H16F2O2. The lowest BCUT2D eigenvalue weighted by Crippen LogP contribution is -2.23. The molecule has 0 heterocycles. The predicted molar refractivity (Wildman–Crippen MR) is 60.5 cm³/mol. The van der Waals surface area contributed by atoms with Gasteiger partial charge in [0.1, 0.15) is 12.4 Å². The molecule has 94 valence electrons. The molecule has 2 nitrogen and oxygen atoms in total. The number of rotatable bonds is 6. The third-order valence-electron chi connectivity index (χ3n) is 2.80. The van der Waals surface area contributed by atoms with E-state index in [2.05, 4.69) is 0 Å². The summed E-state index contributed by atoms with van der Waals surface area (Å²) in [4.78, 5) is 10.8. The van der Waals surface area contributed by atoms with E-state index < -0.39 is 17.7 Å². The zero-order valence-corrected chi connectivity index (χ0v) is 9.95. The summed E-state index contributed by atoms with van der Waals surface area (Å²) in [5.41, 5.74) is 0.125. The molecule has 2 atom stereocenters. The summed E-state index contributed by atoms with van der Waals surface area (Å²) < 4.78 is 31.5. The molecular weight excluding hydrogens is 226 g/mol. The lowest BCUT2D eigenvalue weighted by atomic mass is 10.0. The van der Waals surface area contributed by atoms with Crippen LogP contribution in [0.3, 0.4) is 0 Å². The molecule has 17 heavy (non-hydrogen) atoms. The van der Waals surface area contributed by atoms with Crippen molar-refractivity contribution in [2.24, 2.45) is 5.92 Å². The Hall–Kier alpha value is -1.29. The lowest BCUT2D eigenvalue weighted by Gasteiger charge is -2.17. The van der Waals surface area contributed by atoms with Gasteiger partial charge in [0.05, 0.1) is 6.61 Å². The summed E-state index contributed by atoms with van der Waals surface area (Å²) in [6, 6.07) is 3.90.